The molecule has 190 valence electrons. The van der Waals surface area contributed by atoms with Gasteiger partial charge in [0, 0.05) is 17.0 Å². The van der Waals surface area contributed by atoms with Gasteiger partial charge in [0.15, 0.2) is 11.7 Å². The second-order valence-electron chi connectivity index (χ2n) is 9.83. The van der Waals surface area contributed by atoms with Crippen LogP contribution in [0.25, 0.3) is 22.6 Å². The molecule has 38 heavy (non-hydrogen) atoms. The van der Waals surface area contributed by atoms with Gasteiger partial charge >= 0.3 is 29.6 Å². The molecule has 1 fully saturated rings. The number of benzene rings is 3. The van der Waals surface area contributed by atoms with E-state index in [0.29, 0.717) is 11.7 Å². The Balaban J connectivity index is 0.00000336. The predicted octanol–water partition coefficient (Wildman–Crippen LogP) is 3.44. The molecular weight excluding hydrogens is 485 g/mol. The van der Waals surface area contributed by atoms with Gasteiger partial charge < -0.3 is 19.1 Å². The number of nitrogens with zero attached hydrogens (tertiary/aromatic N) is 1. The van der Waals surface area contributed by atoms with Crippen molar-refractivity contribution in [1.82, 2.24) is 4.98 Å². The van der Waals surface area contributed by atoms with Gasteiger partial charge in [-0.25, -0.2) is 4.98 Å². The van der Waals surface area contributed by atoms with Crippen molar-refractivity contribution in [1.29, 1.82) is 0 Å². The van der Waals surface area contributed by atoms with Crippen molar-refractivity contribution >= 4 is 5.97 Å². The van der Waals surface area contributed by atoms with Crippen molar-refractivity contribution in [2.24, 2.45) is 5.92 Å². The van der Waals surface area contributed by atoms with Gasteiger partial charge in [-0.15, -0.1) is 0 Å². The molecule has 4 aromatic rings. The number of hydrogen-bond acceptors (Lipinski definition) is 5. The second kappa shape index (κ2) is 13.8. The van der Waals surface area contributed by atoms with Gasteiger partial charge in [-0.2, -0.15) is 0 Å². The molecule has 1 heterocycles. The molecule has 6 heteroatoms. The Labute approximate surface area is 246 Å². The Morgan fingerprint density at radius 1 is 0.868 bits per heavy atom. The monoisotopic (exact) mass is 517 g/mol. The maximum absolute atomic E-state index is 10.8. The SMILES string of the molecule is O=C([O-])COc1cccc(CC2CCCCCCC2c2nc(-c3ccccc3)c(-c3ccccc3)o2)c1.[Na+]. The van der Waals surface area contributed by atoms with E-state index in [9.17, 15) is 9.90 Å². The number of carboxylic acid groups (broad SMARTS) is 1. The Hall–Kier alpha value is -2.86. The fourth-order valence-corrected chi connectivity index (χ4v) is 5.41. The van der Waals surface area contributed by atoms with Crippen LogP contribution in [0.2, 0.25) is 0 Å². The van der Waals surface area contributed by atoms with E-state index in [-0.39, 0.29) is 35.5 Å². The molecule has 0 spiro atoms. The molecule has 1 aromatic heterocycles. The van der Waals surface area contributed by atoms with Crippen LogP contribution in [0.4, 0.5) is 0 Å². The van der Waals surface area contributed by atoms with Gasteiger partial charge in [0.2, 0.25) is 0 Å². The summed E-state index contributed by atoms with van der Waals surface area (Å²) in [4.78, 5) is 16.0. The summed E-state index contributed by atoms with van der Waals surface area (Å²) in [5, 5.41) is 10.8. The first kappa shape index (κ1) is 28.2. The van der Waals surface area contributed by atoms with Crippen molar-refractivity contribution in [3.8, 4) is 28.3 Å². The maximum Gasteiger partial charge on any atom is 1.00 e. The zero-order valence-electron chi connectivity index (χ0n) is 22.0. The molecule has 2 atom stereocenters. The normalized spacial score (nSPS) is 17.6. The molecule has 0 N–H and O–H groups in total. The van der Waals surface area contributed by atoms with E-state index >= 15 is 0 Å². The van der Waals surface area contributed by atoms with Crippen LogP contribution in [0.5, 0.6) is 5.75 Å². The third kappa shape index (κ3) is 7.16. The molecule has 0 bridgehead atoms. The van der Waals surface area contributed by atoms with E-state index in [1.807, 2.05) is 48.5 Å². The number of aromatic nitrogens is 1. The Morgan fingerprint density at radius 3 is 2.26 bits per heavy atom. The first-order valence-electron chi connectivity index (χ1n) is 13.2. The average molecular weight is 518 g/mol. The molecule has 1 aliphatic carbocycles. The molecular formula is C32H32NNaO4. The first-order valence-corrected chi connectivity index (χ1v) is 13.2. The topological polar surface area (TPSA) is 75.4 Å². The van der Waals surface area contributed by atoms with Crippen molar-refractivity contribution in [2.45, 2.75) is 50.9 Å². The molecule has 2 unspecified atom stereocenters. The second-order valence-corrected chi connectivity index (χ2v) is 9.83. The zero-order chi connectivity index (χ0) is 25.5. The fraction of sp³-hybridized carbons (Fsp3) is 0.312. The summed E-state index contributed by atoms with van der Waals surface area (Å²) in [6, 6.07) is 28.2. The van der Waals surface area contributed by atoms with Crippen molar-refractivity contribution in [3.05, 3.63) is 96.4 Å². The summed E-state index contributed by atoms with van der Waals surface area (Å²) in [7, 11) is 0. The van der Waals surface area contributed by atoms with Crippen molar-refractivity contribution in [2.75, 3.05) is 6.61 Å². The molecule has 1 saturated carbocycles. The van der Waals surface area contributed by atoms with Crippen LogP contribution < -0.4 is 39.4 Å². The van der Waals surface area contributed by atoms with Gasteiger partial charge in [-0.05, 0) is 42.9 Å². The molecule has 5 rings (SSSR count). The third-order valence-corrected chi connectivity index (χ3v) is 7.21. The van der Waals surface area contributed by atoms with E-state index in [1.54, 1.807) is 6.07 Å². The number of ether oxygens (including phenoxy) is 1. The summed E-state index contributed by atoms with van der Waals surface area (Å²) in [6.45, 7) is -0.448. The molecule has 0 radical (unpaired) electrons. The van der Waals surface area contributed by atoms with Gasteiger partial charge in [0.1, 0.15) is 18.1 Å². The van der Waals surface area contributed by atoms with E-state index in [0.717, 1.165) is 59.7 Å². The van der Waals surface area contributed by atoms with E-state index in [2.05, 4.69) is 30.3 Å². The van der Waals surface area contributed by atoms with Crippen molar-refractivity contribution < 1.29 is 48.6 Å². The predicted molar refractivity (Wildman–Crippen MR) is 142 cm³/mol. The van der Waals surface area contributed by atoms with E-state index in [1.165, 1.54) is 19.3 Å². The van der Waals surface area contributed by atoms with Crippen LogP contribution in [0, 0.1) is 5.92 Å². The molecule has 0 aliphatic heterocycles. The summed E-state index contributed by atoms with van der Waals surface area (Å²) in [6.07, 6.45) is 7.80. The smallest absolute Gasteiger partial charge is 0.546 e. The Bertz CT molecular complexity index is 1250. The van der Waals surface area contributed by atoms with Crippen LogP contribution in [-0.2, 0) is 11.2 Å². The van der Waals surface area contributed by atoms with Gasteiger partial charge in [-0.1, -0.05) is 98.5 Å². The summed E-state index contributed by atoms with van der Waals surface area (Å²) < 4.78 is 12.0. The summed E-state index contributed by atoms with van der Waals surface area (Å²) in [5.74, 6) is 1.53. The molecule has 5 nitrogen and oxygen atoms in total. The van der Waals surface area contributed by atoms with Gasteiger partial charge in [0.25, 0.3) is 0 Å². The minimum Gasteiger partial charge on any atom is -0.546 e. The Kier molecular flexibility index (Phi) is 10.2. The van der Waals surface area contributed by atoms with Crippen molar-refractivity contribution in [3.63, 3.8) is 0 Å². The minimum atomic E-state index is -1.22. The Morgan fingerprint density at radius 2 is 1.55 bits per heavy atom. The van der Waals surface area contributed by atoms with Crippen LogP contribution in [0.15, 0.2) is 89.3 Å². The number of carboxylic acids is 1. The zero-order valence-corrected chi connectivity index (χ0v) is 24.0. The number of carbonyl (C=O) groups excluding carboxylic acids is 1. The largest absolute Gasteiger partial charge is 1.00 e. The van der Waals surface area contributed by atoms with Crippen LogP contribution >= 0.6 is 0 Å². The number of rotatable bonds is 8. The summed E-state index contributed by atoms with van der Waals surface area (Å²) in [5.41, 5.74) is 4.10. The van der Waals surface area contributed by atoms with Crippen LogP contribution in [-0.4, -0.2) is 17.6 Å². The van der Waals surface area contributed by atoms with E-state index in [4.69, 9.17) is 14.1 Å². The minimum absolute atomic E-state index is 0. The number of oxazole rings is 1. The molecule has 1 aliphatic rings. The molecule has 3 aromatic carbocycles. The number of aliphatic carboxylic acids is 1. The third-order valence-electron chi connectivity index (χ3n) is 7.21. The van der Waals surface area contributed by atoms with Gasteiger partial charge in [0.05, 0.1) is 5.97 Å². The molecule has 0 amide bonds. The average Bonchev–Trinajstić information content (AvgIpc) is 3.36. The molecule has 0 saturated heterocycles. The standard InChI is InChI=1S/C32H33NO4.Na/c34-29(35)22-36-27-18-11-12-23(21-27)20-26-17-5-1-2-10-19-28(26)32-33-30(24-13-6-3-7-14-24)31(37-32)25-15-8-4-9-16-25;/h3-4,6-9,11-16,18,21,26,28H,1-2,5,10,17,19-20,22H2,(H,34,35);/q;+1/p-1. The quantitative estimate of drug-likeness (QED) is 0.335. The number of hydrogen-bond donors (Lipinski definition) is 0. The van der Waals surface area contributed by atoms with Crippen LogP contribution in [0.3, 0.4) is 0 Å². The van der Waals surface area contributed by atoms with E-state index < -0.39 is 12.6 Å². The first-order chi connectivity index (χ1) is 18.2. The maximum atomic E-state index is 10.8. The van der Waals surface area contributed by atoms with Gasteiger partial charge in [-0.3, -0.25) is 0 Å². The van der Waals surface area contributed by atoms with Crippen LogP contribution in [0.1, 0.15) is 55.9 Å². The number of carbonyl (C=O) groups is 1. The summed E-state index contributed by atoms with van der Waals surface area (Å²) >= 11 is 0. The fourth-order valence-electron chi connectivity index (χ4n) is 5.41.